The van der Waals surface area contributed by atoms with Crippen LogP contribution in [0.1, 0.15) is 5.56 Å². The first-order valence-corrected chi connectivity index (χ1v) is 6.51. The van der Waals surface area contributed by atoms with E-state index in [0.717, 1.165) is 16.8 Å². The molecule has 1 aliphatic rings. The summed E-state index contributed by atoms with van der Waals surface area (Å²) in [5.74, 6) is 2.95. The number of rotatable bonds is 1. The number of hydrogen-bond acceptors (Lipinski definition) is 5. The van der Waals surface area contributed by atoms with Crippen molar-refractivity contribution in [3.63, 3.8) is 0 Å². The lowest BCUT2D eigenvalue weighted by Crippen LogP contribution is -2.02. The van der Waals surface area contributed by atoms with Gasteiger partial charge in [-0.25, -0.2) is 9.50 Å². The van der Waals surface area contributed by atoms with Crippen LogP contribution < -0.4 is 11.5 Å². The predicted octanol–water partition coefficient (Wildman–Crippen LogP) is -0.597. The Morgan fingerprint density at radius 2 is 2.19 bits per heavy atom. The van der Waals surface area contributed by atoms with Gasteiger partial charge in [-0.1, -0.05) is 5.70 Å². The molecule has 80 valence electrons. The summed E-state index contributed by atoms with van der Waals surface area (Å²) in [5, 5.41) is 4.07. The summed E-state index contributed by atoms with van der Waals surface area (Å²) in [4.78, 5) is 8.30. The number of fused-ring (bicyclic) bond motifs is 1. The molecule has 0 radical (unpaired) electrons. The number of nitrogens with two attached hydrogens (primary N) is 2. The smallest absolute Gasteiger partial charge is 0.152 e. The lowest BCUT2D eigenvalue weighted by atomic mass is 10.2. The lowest BCUT2D eigenvalue weighted by molar-refractivity contribution is 0.916. The van der Waals surface area contributed by atoms with Gasteiger partial charge in [0, 0.05) is 5.56 Å². The van der Waals surface area contributed by atoms with Gasteiger partial charge in [0.25, 0.3) is 0 Å². The minimum absolute atomic E-state index is 0.303. The van der Waals surface area contributed by atoms with Crippen molar-refractivity contribution in [2.45, 2.75) is 0 Å². The molecule has 0 bridgehead atoms. The molecule has 0 saturated heterocycles. The fourth-order valence-corrected chi connectivity index (χ4v) is 2.79. The molecule has 2 aromatic rings. The maximum Gasteiger partial charge on any atom is 0.152 e. The minimum atomic E-state index is -0.303. The Labute approximate surface area is 93.5 Å². The van der Waals surface area contributed by atoms with Crippen molar-refractivity contribution in [1.29, 1.82) is 0 Å². The Kier molecular flexibility index (Phi) is 1.80. The van der Waals surface area contributed by atoms with Crippen LogP contribution in [0.5, 0.6) is 0 Å². The van der Waals surface area contributed by atoms with Crippen LogP contribution in [0.15, 0.2) is 23.1 Å². The highest BCUT2D eigenvalue weighted by Gasteiger charge is 2.15. The molecule has 3 rings (SSSR count). The molecule has 3 heterocycles. The van der Waals surface area contributed by atoms with Crippen LogP contribution in [0.3, 0.4) is 0 Å². The zero-order valence-corrected chi connectivity index (χ0v) is 9.87. The minimum Gasteiger partial charge on any atom is -0.384 e. The third kappa shape index (κ3) is 1.15. The van der Waals surface area contributed by atoms with Crippen LogP contribution >= 0.6 is 0 Å². The number of hydrogen-bond donors (Lipinski definition) is 2. The van der Waals surface area contributed by atoms with E-state index in [9.17, 15) is 0 Å². The SMILES string of the molecule is Nc1ncnn2c(N)cc(C3=C[SiH2]C=N3)c12. The van der Waals surface area contributed by atoms with E-state index in [1.807, 2.05) is 11.9 Å². The molecule has 7 heteroatoms. The fourth-order valence-electron chi connectivity index (χ4n) is 1.84. The summed E-state index contributed by atoms with van der Waals surface area (Å²) < 4.78 is 1.59. The molecule has 2 aromatic heterocycles. The third-order valence-electron chi connectivity index (χ3n) is 2.53. The van der Waals surface area contributed by atoms with Crippen LogP contribution in [0.2, 0.25) is 0 Å². The molecule has 6 nitrogen and oxygen atoms in total. The highest BCUT2D eigenvalue weighted by molar-refractivity contribution is 6.74. The molecule has 1 aliphatic heterocycles. The molecular formula is C9H10N6Si. The average Bonchev–Trinajstić information content (AvgIpc) is 2.87. The van der Waals surface area contributed by atoms with Gasteiger partial charge in [0.1, 0.15) is 17.7 Å². The summed E-state index contributed by atoms with van der Waals surface area (Å²) in [5.41, 5.74) is 16.4. The van der Waals surface area contributed by atoms with Crippen molar-refractivity contribution >= 4 is 38.2 Å². The Bertz CT molecular complexity index is 626. The van der Waals surface area contributed by atoms with Crippen LogP contribution in [-0.2, 0) is 0 Å². The van der Waals surface area contributed by atoms with E-state index in [4.69, 9.17) is 11.5 Å². The zero-order valence-electron chi connectivity index (χ0n) is 8.46. The lowest BCUT2D eigenvalue weighted by Gasteiger charge is -2.00. The number of nitrogens with zero attached hydrogens (tertiary/aromatic N) is 4. The Morgan fingerprint density at radius 3 is 2.94 bits per heavy atom. The number of aliphatic imine (C=N–C) groups is 1. The van der Waals surface area contributed by atoms with Crippen LogP contribution in [0.25, 0.3) is 11.2 Å². The third-order valence-corrected chi connectivity index (χ3v) is 3.55. The molecule has 4 N–H and O–H groups in total. The first kappa shape index (κ1) is 9.10. The van der Waals surface area contributed by atoms with E-state index in [-0.39, 0.29) is 9.52 Å². The normalized spacial score (nSPS) is 16.1. The Morgan fingerprint density at radius 1 is 1.31 bits per heavy atom. The van der Waals surface area contributed by atoms with E-state index in [2.05, 4.69) is 20.8 Å². The molecule has 0 aromatic carbocycles. The topological polar surface area (TPSA) is 94.6 Å². The van der Waals surface area contributed by atoms with Crippen molar-refractivity contribution in [2.75, 3.05) is 11.5 Å². The Balaban J connectivity index is 2.37. The van der Waals surface area contributed by atoms with Gasteiger partial charge in [0.15, 0.2) is 5.82 Å². The van der Waals surface area contributed by atoms with Crippen LogP contribution in [0.4, 0.5) is 11.6 Å². The van der Waals surface area contributed by atoms with E-state index in [1.165, 1.54) is 6.33 Å². The number of aromatic nitrogens is 3. The summed E-state index contributed by atoms with van der Waals surface area (Å²) in [6.45, 7) is 0. The van der Waals surface area contributed by atoms with Crippen molar-refractivity contribution < 1.29 is 0 Å². The van der Waals surface area contributed by atoms with Gasteiger partial charge in [-0.2, -0.15) is 5.10 Å². The average molecular weight is 230 g/mol. The van der Waals surface area contributed by atoms with Crippen molar-refractivity contribution in [1.82, 2.24) is 14.6 Å². The number of anilines is 2. The molecule has 0 spiro atoms. The largest absolute Gasteiger partial charge is 0.384 e. The van der Waals surface area contributed by atoms with Crippen LogP contribution in [0, 0.1) is 0 Å². The van der Waals surface area contributed by atoms with Crippen molar-refractivity contribution in [2.24, 2.45) is 4.99 Å². The maximum absolute atomic E-state index is 5.86. The van der Waals surface area contributed by atoms with Gasteiger partial charge in [-0.15, -0.1) is 0 Å². The second-order valence-electron chi connectivity index (χ2n) is 3.53. The summed E-state index contributed by atoms with van der Waals surface area (Å²) in [6.07, 6.45) is 1.39. The highest BCUT2D eigenvalue weighted by atomic mass is 28.2. The molecule has 0 saturated carbocycles. The fraction of sp³-hybridized carbons (Fsp3) is 0. The first-order valence-electron chi connectivity index (χ1n) is 4.88. The maximum atomic E-state index is 5.86. The molecular weight excluding hydrogens is 220 g/mol. The van der Waals surface area contributed by atoms with Crippen molar-refractivity contribution in [3.8, 4) is 0 Å². The predicted molar refractivity (Wildman–Crippen MR) is 66.8 cm³/mol. The zero-order chi connectivity index (χ0) is 11.1. The van der Waals surface area contributed by atoms with Gasteiger partial charge < -0.3 is 11.5 Å². The van der Waals surface area contributed by atoms with E-state index in [1.54, 1.807) is 4.52 Å². The Hall–Kier alpha value is -2.15. The van der Waals surface area contributed by atoms with Gasteiger partial charge in [-0.3, -0.25) is 4.99 Å². The second kappa shape index (κ2) is 3.17. The first-order chi connectivity index (χ1) is 7.77. The molecule has 0 unspecified atom stereocenters. The summed E-state index contributed by atoms with van der Waals surface area (Å²) in [6, 6.07) is 1.84. The van der Waals surface area contributed by atoms with E-state index < -0.39 is 0 Å². The van der Waals surface area contributed by atoms with Gasteiger partial charge in [0.2, 0.25) is 0 Å². The summed E-state index contributed by atoms with van der Waals surface area (Å²) in [7, 11) is -0.303. The van der Waals surface area contributed by atoms with Crippen LogP contribution in [-0.4, -0.2) is 30.0 Å². The van der Waals surface area contributed by atoms with Gasteiger partial charge >= 0.3 is 0 Å². The monoisotopic (exact) mass is 230 g/mol. The second-order valence-corrected chi connectivity index (χ2v) is 4.77. The standard InChI is InChI=1S/C9H10N6Si/c10-7-1-5(6-2-16-4-13-6)8-9(11)12-3-14-15(7)8/h1-4H,10,16H2,(H2,11,12,14). The van der Waals surface area contributed by atoms with Gasteiger partial charge in [-0.05, 0) is 11.9 Å². The van der Waals surface area contributed by atoms with E-state index >= 15 is 0 Å². The summed E-state index contributed by atoms with van der Waals surface area (Å²) >= 11 is 0. The molecule has 0 atom stereocenters. The number of nitrogen functional groups attached to an aromatic ring is 2. The molecule has 0 amide bonds. The van der Waals surface area contributed by atoms with E-state index in [0.29, 0.717) is 11.6 Å². The quantitative estimate of drug-likeness (QED) is 0.640. The molecule has 0 fully saturated rings. The molecule has 0 aliphatic carbocycles. The molecule has 16 heavy (non-hydrogen) atoms. The van der Waals surface area contributed by atoms with Crippen molar-refractivity contribution in [3.05, 3.63) is 23.7 Å². The van der Waals surface area contributed by atoms with Gasteiger partial charge in [0.05, 0.1) is 15.2 Å². The highest BCUT2D eigenvalue weighted by Crippen LogP contribution is 2.29.